The molecule has 122 valence electrons. The molecule has 0 aliphatic carbocycles. The summed E-state index contributed by atoms with van der Waals surface area (Å²) in [6, 6.07) is 17.0. The maximum absolute atomic E-state index is 12.3. The third-order valence-electron chi connectivity index (χ3n) is 3.39. The monoisotopic (exact) mass is 357 g/mol. The number of anilines is 1. The van der Waals surface area contributed by atoms with E-state index in [0.717, 1.165) is 11.3 Å². The predicted octanol–water partition coefficient (Wildman–Crippen LogP) is 4.85. The highest BCUT2D eigenvalue weighted by Gasteiger charge is 2.16. The predicted molar refractivity (Wildman–Crippen MR) is 99.4 cm³/mol. The van der Waals surface area contributed by atoms with Crippen LogP contribution in [-0.2, 0) is 4.79 Å². The van der Waals surface area contributed by atoms with Gasteiger partial charge in [0.05, 0.1) is 17.1 Å². The van der Waals surface area contributed by atoms with Gasteiger partial charge in [0.15, 0.2) is 5.16 Å². The number of thioether (sulfide) groups is 1. The van der Waals surface area contributed by atoms with Gasteiger partial charge in [0.1, 0.15) is 0 Å². The van der Waals surface area contributed by atoms with Crippen molar-refractivity contribution in [3.8, 4) is 11.3 Å². The van der Waals surface area contributed by atoms with Gasteiger partial charge in [-0.2, -0.15) is 0 Å². The number of halogens is 1. The Balaban J connectivity index is 1.63. The summed E-state index contributed by atoms with van der Waals surface area (Å²) < 4.78 is 0. The van der Waals surface area contributed by atoms with Crippen molar-refractivity contribution >= 4 is 35.0 Å². The van der Waals surface area contributed by atoms with E-state index in [1.807, 2.05) is 43.3 Å². The Labute approximate surface area is 149 Å². The second-order valence-electron chi connectivity index (χ2n) is 5.23. The number of aromatic nitrogens is 2. The second kappa shape index (κ2) is 7.55. The number of nitrogens with one attached hydrogen (secondary N) is 2. The third-order valence-corrected chi connectivity index (χ3v) is 4.62. The minimum Gasteiger partial charge on any atom is -0.333 e. The number of carbonyl (C=O) groups is 1. The zero-order valence-electron chi connectivity index (χ0n) is 13.0. The fourth-order valence-corrected chi connectivity index (χ4v) is 3.13. The van der Waals surface area contributed by atoms with E-state index in [0.29, 0.717) is 15.9 Å². The van der Waals surface area contributed by atoms with Crippen molar-refractivity contribution in [1.29, 1.82) is 0 Å². The Morgan fingerprint density at radius 2 is 2.00 bits per heavy atom. The Morgan fingerprint density at radius 3 is 2.75 bits per heavy atom. The maximum Gasteiger partial charge on any atom is 0.237 e. The number of rotatable bonds is 5. The molecule has 0 aliphatic heterocycles. The van der Waals surface area contributed by atoms with Crippen LogP contribution in [0.15, 0.2) is 66.0 Å². The summed E-state index contributed by atoms with van der Waals surface area (Å²) in [6.45, 7) is 1.84. The lowest BCUT2D eigenvalue weighted by Crippen LogP contribution is -2.22. The summed E-state index contributed by atoms with van der Waals surface area (Å²) in [7, 11) is 0. The SMILES string of the molecule is C[C@@H](Sc1ncc(-c2ccccc2)[nH]1)C(=O)Nc1cccc(Cl)c1. The average Bonchev–Trinajstić information content (AvgIpc) is 3.04. The minimum absolute atomic E-state index is 0.0973. The number of hydrogen-bond acceptors (Lipinski definition) is 3. The molecule has 6 heteroatoms. The molecule has 0 bridgehead atoms. The Morgan fingerprint density at radius 1 is 1.21 bits per heavy atom. The van der Waals surface area contributed by atoms with Gasteiger partial charge in [-0.3, -0.25) is 4.79 Å². The van der Waals surface area contributed by atoms with Gasteiger partial charge < -0.3 is 10.3 Å². The van der Waals surface area contributed by atoms with Crippen LogP contribution in [0.2, 0.25) is 5.02 Å². The van der Waals surface area contributed by atoms with E-state index in [2.05, 4.69) is 15.3 Å². The standard InChI is InChI=1S/C18H16ClN3OS/c1-12(17(23)21-15-9-5-8-14(19)10-15)24-18-20-11-16(22-18)13-6-3-2-4-7-13/h2-12H,1H3,(H,20,22)(H,21,23)/t12-/m1/s1. The Kier molecular flexibility index (Phi) is 5.23. The number of carbonyl (C=O) groups excluding carboxylic acids is 1. The van der Waals surface area contributed by atoms with Crippen LogP contribution in [0.1, 0.15) is 6.92 Å². The summed E-state index contributed by atoms with van der Waals surface area (Å²) >= 11 is 7.31. The number of nitrogens with zero attached hydrogens (tertiary/aromatic N) is 1. The first kappa shape index (κ1) is 16.6. The molecule has 0 spiro atoms. The van der Waals surface area contributed by atoms with E-state index >= 15 is 0 Å². The van der Waals surface area contributed by atoms with Crippen molar-refractivity contribution in [3.05, 3.63) is 65.8 Å². The molecule has 2 N–H and O–H groups in total. The van der Waals surface area contributed by atoms with Gasteiger partial charge in [-0.15, -0.1) is 0 Å². The molecule has 1 heterocycles. The number of benzene rings is 2. The summed E-state index contributed by atoms with van der Waals surface area (Å²) in [4.78, 5) is 19.9. The molecule has 2 aromatic carbocycles. The highest BCUT2D eigenvalue weighted by molar-refractivity contribution is 8.00. The van der Waals surface area contributed by atoms with Crippen LogP contribution < -0.4 is 5.32 Å². The first-order valence-corrected chi connectivity index (χ1v) is 8.71. The molecule has 0 aliphatic rings. The van der Waals surface area contributed by atoms with Crippen LogP contribution >= 0.6 is 23.4 Å². The molecular formula is C18H16ClN3OS. The maximum atomic E-state index is 12.3. The molecule has 24 heavy (non-hydrogen) atoms. The van der Waals surface area contributed by atoms with E-state index in [1.165, 1.54) is 11.8 Å². The van der Waals surface area contributed by atoms with Crippen LogP contribution in [0.25, 0.3) is 11.3 Å². The zero-order valence-corrected chi connectivity index (χ0v) is 14.6. The Bertz CT molecular complexity index is 835. The quantitative estimate of drug-likeness (QED) is 0.642. The van der Waals surface area contributed by atoms with E-state index in [9.17, 15) is 4.79 Å². The average molecular weight is 358 g/mol. The molecule has 0 saturated carbocycles. The Hall–Kier alpha value is -2.24. The van der Waals surface area contributed by atoms with Crippen LogP contribution in [0.5, 0.6) is 0 Å². The van der Waals surface area contributed by atoms with Gasteiger partial charge >= 0.3 is 0 Å². The molecule has 3 aromatic rings. The molecule has 0 radical (unpaired) electrons. The van der Waals surface area contributed by atoms with Crippen molar-refractivity contribution in [2.75, 3.05) is 5.32 Å². The molecule has 4 nitrogen and oxygen atoms in total. The van der Waals surface area contributed by atoms with Crippen LogP contribution in [-0.4, -0.2) is 21.1 Å². The van der Waals surface area contributed by atoms with Gasteiger partial charge in [-0.1, -0.05) is 59.8 Å². The normalized spacial score (nSPS) is 11.9. The lowest BCUT2D eigenvalue weighted by Gasteiger charge is -2.10. The van der Waals surface area contributed by atoms with Gasteiger partial charge in [-0.25, -0.2) is 4.98 Å². The number of aromatic amines is 1. The smallest absolute Gasteiger partial charge is 0.237 e. The number of H-pyrrole nitrogens is 1. The highest BCUT2D eigenvalue weighted by Crippen LogP contribution is 2.25. The fraction of sp³-hybridized carbons (Fsp3) is 0.111. The number of amides is 1. The van der Waals surface area contributed by atoms with Crippen molar-refractivity contribution in [3.63, 3.8) is 0 Å². The van der Waals surface area contributed by atoms with Crippen LogP contribution in [0.3, 0.4) is 0 Å². The van der Waals surface area contributed by atoms with Crippen molar-refractivity contribution in [2.24, 2.45) is 0 Å². The van der Waals surface area contributed by atoms with Gasteiger partial charge in [-0.05, 0) is 30.7 Å². The first-order chi connectivity index (χ1) is 11.6. The van der Waals surface area contributed by atoms with Crippen molar-refractivity contribution in [2.45, 2.75) is 17.3 Å². The second-order valence-corrected chi connectivity index (χ2v) is 6.99. The molecule has 1 aromatic heterocycles. The molecule has 3 rings (SSSR count). The lowest BCUT2D eigenvalue weighted by molar-refractivity contribution is -0.115. The molecule has 0 unspecified atom stereocenters. The topological polar surface area (TPSA) is 57.8 Å². The summed E-state index contributed by atoms with van der Waals surface area (Å²) in [5.41, 5.74) is 2.68. The molecule has 1 atom stereocenters. The van der Waals surface area contributed by atoms with E-state index in [-0.39, 0.29) is 11.2 Å². The van der Waals surface area contributed by atoms with E-state index in [1.54, 1.807) is 24.4 Å². The minimum atomic E-state index is -0.293. The fourth-order valence-electron chi connectivity index (χ4n) is 2.16. The molecular weight excluding hydrogens is 342 g/mol. The third kappa shape index (κ3) is 4.19. The van der Waals surface area contributed by atoms with Gasteiger partial charge in [0.2, 0.25) is 5.91 Å². The van der Waals surface area contributed by atoms with Gasteiger partial charge in [0.25, 0.3) is 0 Å². The van der Waals surface area contributed by atoms with Crippen molar-refractivity contribution in [1.82, 2.24) is 9.97 Å². The van der Waals surface area contributed by atoms with E-state index in [4.69, 9.17) is 11.6 Å². The summed E-state index contributed by atoms with van der Waals surface area (Å²) in [5, 5.41) is 3.86. The van der Waals surface area contributed by atoms with Crippen LogP contribution in [0, 0.1) is 0 Å². The summed E-state index contributed by atoms with van der Waals surface area (Å²) in [6.07, 6.45) is 1.78. The van der Waals surface area contributed by atoms with Crippen molar-refractivity contribution < 1.29 is 4.79 Å². The van der Waals surface area contributed by atoms with Crippen LogP contribution in [0.4, 0.5) is 5.69 Å². The highest BCUT2D eigenvalue weighted by atomic mass is 35.5. The molecule has 1 amide bonds. The molecule has 0 saturated heterocycles. The van der Waals surface area contributed by atoms with E-state index < -0.39 is 0 Å². The summed E-state index contributed by atoms with van der Waals surface area (Å²) in [5.74, 6) is -0.0973. The molecule has 0 fully saturated rings. The van der Waals surface area contributed by atoms with Gasteiger partial charge in [0, 0.05) is 10.7 Å². The lowest BCUT2D eigenvalue weighted by atomic mass is 10.2. The number of imidazole rings is 1. The number of hydrogen-bond donors (Lipinski definition) is 2. The first-order valence-electron chi connectivity index (χ1n) is 7.45. The zero-order chi connectivity index (χ0) is 16.9. The largest absolute Gasteiger partial charge is 0.333 e.